The number of para-hydroxylation sites is 1. The van der Waals surface area contributed by atoms with Crippen molar-refractivity contribution in [2.75, 3.05) is 10.6 Å². The van der Waals surface area contributed by atoms with E-state index in [0.29, 0.717) is 17.2 Å². The van der Waals surface area contributed by atoms with Gasteiger partial charge in [-0.3, -0.25) is 9.78 Å². The van der Waals surface area contributed by atoms with Crippen LogP contribution in [0.4, 0.5) is 17.3 Å². The number of pyridine rings is 1. The largest absolute Gasteiger partial charge is 0.451 e. The van der Waals surface area contributed by atoms with Crippen molar-refractivity contribution in [2.45, 2.75) is 13.8 Å². The summed E-state index contributed by atoms with van der Waals surface area (Å²) in [6, 6.07) is 18.7. The number of carbonyl (C=O) groups excluding carboxylic acids is 1. The van der Waals surface area contributed by atoms with Gasteiger partial charge in [-0.2, -0.15) is 0 Å². The van der Waals surface area contributed by atoms with Crippen molar-refractivity contribution in [1.29, 1.82) is 0 Å². The molecule has 0 spiro atoms. The summed E-state index contributed by atoms with van der Waals surface area (Å²) in [5.41, 5.74) is 5.84. The molecule has 0 aliphatic carbocycles. The van der Waals surface area contributed by atoms with Gasteiger partial charge in [0.2, 0.25) is 5.95 Å². The Labute approximate surface area is 190 Å². The molecule has 0 saturated heterocycles. The molecule has 3 aromatic heterocycles. The fourth-order valence-electron chi connectivity index (χ4n) is 3.52. The number of aryl methyl sites for hydroxylation is 2. The van der Waals surface area contributed by atoms with Gasteiger partial charge in [0.15, 0.2) is 5.76 Å². The lowest BCUT2D eigenvalue weighted by Gasteiger charge is -2.12. The second-order valence-corrected chi connectivity index (χ2v) is 7.77. The smallest absolute Gasteiger partial charge is 0.291 e. The molecular formula is C26H21N5O2. The van der Waals surface area contributed by atoms with E-state index in [1.807, 2.05) is 68.4 Å². The van der Waals surface area contributed by atoms with Gasteiger partial charge in [0, 0.05) is 40.9 Å². The molecule has 2 aromatic carbocycles. The molecule has 162 valence electrons. The first-order chi connectivity index (χ1) is 16.0. The number of anilines is 3. The highest BCUT2D eigenvalue weighted by atomic mass is 16.3. The zero-order chi connectivity index (χ0) is 22.8. The summed E-state index contributed by atoms with van der Waals surface area (Å²) in [5.74, 6) is 0.401. The lowest BCUT2D eigenvalue weighted by atomic mass is 10.1. The molecule has 0 aliphatic rings. The van der Waals surface area contributed by atoms with E-state index in [-0.39, 0.29) is 11.7 Å². The maximum absolute atomic E-state index is 12.7. The van der Waals surface area contributed by atoms with Gasteiger partial charge < -0.3 is 15.1 Å². The summed E-state index contributed by atoms with van der Waals surface area (Å²) < 4.78 is 5.66. The predicted molar refractivity (Wildman–Crippen MR) is 129 cm³/mol. The molecule has 0 unspecified atom stereocenters. The van der Waals surface area contributed by atoms with Crippen molar-refractivity contribution in [1.82, 2.24) is 15.0 Å². The first-order valence-electron chi connectivity index (χ1n) is 10.5. The maximum atomic E-state index is 12.7. The van der Waals surface area contributed by atoms with Crippen LogP contribution in [0, 0.1) is 13.8 Å². The maximum Gasteiger partial charge on any atom is 0.291 e. The average molecular weight is 435 g/mol. The van der Waals surface area contributed by atoms with E-state index in [1.165, 1.54) is 0 Å². The summed E-state index contributed by atoms with van der Waals surface area (Å²) in [6.45, 7) is 3.97. The van der Waals surface area contributed by atoms with Gasteiger partial charge in [0.1, 0.15) is 5.58 Å². The fraction of sp³-hybridized carbons (Fsp3) is 0.0769. The molecule has 0 saturated carbocycles. The van der Waals surface area contributed by atoms with E-state index < -0.39 is 0 Å². The van der Waals surface area contributed by atoms with Crippen LogP contribution in [0.15, 0.2) is 83.7 Å². The average Bonchev–Trinajstić information content (AvgIpc) is 3.26. The lowest BCUT2D eigenvalue weighted by Crippen LogP contribution is -2.11. The van der Waals surface area contributed by atoms with E-state index in [0.717, 1.165) is 33.5 Å². The highest BCUT2D eigenvalue weighted by molar-refractivity contribution is 6.04. The first-order valence-corrected chi connectivity index (χ1v) is 10.5. The van der Waals surface area contributed by atoms with E-state index in [4.69, 9.17) is 4.42 Å². The molecule has 0 atom stereocenters. The molecule has 1 amide bonds. The Kier molecular flexibility index (Phi) is 5.28. The molecule has 7 nitrogen and oxygen atoms in total. The predicted octanol–water partition coefficient (Wildman–Crippen LogP) is 5.90. The number of amides is 1. The van der Waals surface area contributed by atoms with Crippen molar-refractivity contribution in [3.63, 3.8) is 0 Å². The van der Waals surface area contributed by atoms with Gasteiger partial charge in [-0.25, -0.2) is 9.97 Å². The number of hydrogen-bond donors (Lipinski definition) is 2. The summed E-state index contributed by atoms with van der Waals surface area (Å²) >= 11 is 0. The van der Waals surface area contributed by atoms with Crippen molar-refractivity contribution in [2.24, 2.45) is 0 Å². The van der Waals surface area contributed by atoms with Crippen LogP contribution in [0.5, 0.6) is 0 Å². The third kappa shape index (κ3) is 4.43. The van der Waals surface area contributed by atoms with Crippen molar-refractivity contribution >= 4 is 34.2 Å². The number of aromatic nitrogens is 3. The molecule has 0 bridgehead atoms. The van der Waals surface area contributed by atoms with Crippen LogP contribution < -0.4 is 10.6 Å². The quantitative estimate of drug-likeness (QED) is 0.357. The van der Waals surface area contributed by atoms with E-state index in [9.17, 15) is 4.79 Å². The number of furan rings is 1. The number of hydrogen-bond acceptors (Lipinski definition) is 6. The molecule has 0 fully saturated rings. The van der Waals surface area contributed by atoms with Gasteiger partial charge in [-0.1, -0.05) is 24.3 Å². The Hall–Kier alpha value is -4.52. The molecule has 5 rings (SSSR count). The Morgan fingerprint density at radius 3 is 2.70 bits per heavy atom. The molecule has 7 heteroatoms. The molecule has 3 heterocycles. The topological polar surface area (TPSA) is 92.9 Å². The van der Waals surface area contributed by atoms with Gasteiger partial charge in [-0.15, -0.1) is 0 Å². The Bertz CT molecular complexity index is 1440. The lowest BCUT2D eigenvalue weighted by molar-refractivity contribution is 0.0998. The van der Waals surface area contributed by atoms with Crippen LogP contribution in [0.3, 0.4) is 0 Å². The Morgan fingerprint density at radius 2 is 1.85 bits per heavy atom. The van der Waals surface area contributed by atoms with Crippen molar-refractivity contribution in [3.05, 3.63) is 96.1 Å². The van der Waals surface area contributed by atoms with E-state index in [2.05, 4.69) is 25.6 Å². The molecule has 0 aliphatic heterocycles. The fourth-order valence-corrected chi connectivity index (χ4v) is 3.52. The monoisotopic (exact) mass is 435 g/mol. The van der Waals surface area contributed by atoms with Crippen molar-refractivity contribution in [3.8, 4) is 11.3 Å². The molecule has 0 radical (unpaired) electrons. The highest BCUT2D eigenvalue weighted by Gasteiger charge is 2.13. The SMILES string of the molecule is Cc1cncc(-c2ccnc(Nc3cc(NC(=O)c4cc5ccccc5o4)ccc3C)n2)c1. The number of carbonyl (C=O) groups is 1. The third-order valence-electron chi connectivity index (χ3n) is 5.22. The number of nitrogens with zero attached hydrogens (tertiary/aromatic N) is 3. The van der Waals surface area contributed by atoms with Crippen LogP contribution in [0.2, 0.25) is 0 Å². The minimum absolute atomic E-state index is 0.258. The second-order valence-electron chi connectivity index (χ2n) is 7.77. The molecular weight excluding hydrogens is 414 g/mol. The number of benzene rings is 2. The van der Waals surface area contributed by atoms with Gasteiger partial charge >= 0.3 is 0 Å². The molecule has 33 heavy (non-hydrogen) atoms. The first kappa shape index (κ1) is 20.4. The standard InChI is InChI=1S/C26H21N5O2/c1-16-11-19(15-27-14-16)21-9-10-28-26(30-21)31-22-13-20(8-7-17(22)2)29-25(32)24-12-18-5-3-4-6-23(18)33-24/h3-15H,1-2H3,(H,29,32)(H,28,30,31). The Balaban J connectivity index is 1.37. The van der Waals surface area contributed by atoms with Crippen LogP contribution in [0.1, 0.15) is 21.7 Å². The summed E-state index contributed by atoms with van der Waals surface area (Å²) in [4.78, 5) is 25.9. The van der Waals surface area contributed by atoms with Gasteiger partial charge in [0.25, 0.3) is 5.91 Å². The zero-order valence-corrected chi connectivity index (χ0v) is 18.2. The van der Waals surface area contributed by atoms with Gasteiger partial charge in [-0.05, 0) is 61.4 Å². The van der Waals surface area contributed by atoms with Crippen LogP contribution in [0.25, 0.3) is 22.2 Å². The van der Waals surface area contributed by atoms with Crippen LogP contribution in [-0.2, 0) is 0 Å². The number of fused-ring (bicyclic) bond motifs is 1. The Morgan fingerprint density at radius 1 is 0.970 bits per heavy atom. The van der Waals surface area contributed by atoms with E-state index >= 15 is 0 Å². The number of nitrogens with one attached hydrogen (secondary N) is 2. The third-order valence-corrected chi connectivity index (χ3v) is 5.22. The minimum Gasteiger partial charge on any atom is -0.451 e. The van der Waals surface area contributed by atoms with Crippen LogP contribution in [-0.4, -0.2) is 20.9 Å². The van der Waals surface area contributed by atoms with Crippen LogP contribution >= 0.6 is 0 Å². The summed E-state index contributed by atoms with van der Waals surface area (Å²) in [6.07, 6.45) is 5.28. The summed E-state index contributed by atoms with van der Waals surface area (Å²) in [7, 11) is 0. The second kappa shape index (κ2) is 8.55. The summed E-state index contributed by atoms with van der Waals surface area (Å²) in [5, 5.41) is 7.03. The van der Waals surface area contributed by atoms with E-state index in [1.54, 1.807) is 24.7 Å². The molecule has 5 aromatic rings. The minimum atomic E-state index is -0.314. The zero-order valence-electron chi connectivity index (χ0n) is 18.2. The number of rotatable bonds is 5. The highest BCUT2D eigenvalue weighted by Crippen LogP contribution is 2.26. The van der Waals surface area contributed by atoms with Crippen molar-refractivity contribution < 1.29 is 9.21 Å². The normalized spacial score (nSPS) is 10.8. The van der Waals surface area contributed by atoms with Gasteiger partial charge in [0.05, 0.1) is 5.69 Å². The molecule has 2 N–H and O–H groups in total.